The number of rotatable bonds is 6. The highest BCUT2D eigenvalue weighted by Gasteiger charge is 2.20. The predicted molar refractivity (Wildman–Crippen MR) is 75.6 cm³/mol. The maximum absolute atomic E-state index is 11.5. The summed E-state index contributed by atoms with van der Waals surface area (Å²) >= 11 is 0. The molecular formula is C14H17N3O4. The Morgan fingerprint density at radius 2 is 1.90 bits per heavy atom. The number of aromatic nitrogens is 2. The van der Waals surface area contributed by atoms with Gasteiger partial charge in [0.1, 0.15) is 0 Å². The molecule has 0 aliphatic carbocycles. The zero-order valence-electron chi connectivity index (χ0n) is 11.5. The molecular weight excluding hydrogens is 274 g/mol. The number of aryl methyl sites for hydroxylation is 1. The monoisotopic (exact) mass is 291 g/mol. The third kappa shape index (κ3) is 4.27. The van der Waals surface area contributed by atoms with E-state index in [0.29, 0.717) is 13.0 Å². The Morgan fingerprint density at radius 1 is 1.10 bits per heavy atom. The SMILES string of the molecule is O=C1C=C[C@H](CCCCCn2ccc(=O)[nH]c2=O)C(=O)N1. The molecule has 0 bridgehead atoms. The van der Waals surface area contributed by atoms with E-state index in [-0.39, 0.29) is 17.7 Å². The topological polar surface area (TPSA) is 101 Å². The lowest BCUT2D eigenvalue weighted by Gasteiger charge is -2.15. The van der Waals surface area contributed by atoms with Crippen LogP contribution in [0.25, 0.3) is 0 Å². The van der Waals surface area contributed by atoms with Crippen molar-refractivity contribution < 1.29 is 9.59 Å². The van der Waals surface area contributed by atoms with E-state index in [9.17, 15) is 19.2 Å². The van der Waals surface area contributed by atoms with E-state index in [4.69, 9.17) is 0 Å². The molecule has 2 heterocycles. The lowest BCUT2D eigenvalue weighted by Crippen LogP contribution is -2.37. The number of carbonyl (C=O) groups excluding carboxylic acids is 2. The van der Waals surface area contributed by atoms with E-state index < -0.39 is 11.2 Å². The van der Waals surface area contributed by atoms with Crippen LogP contribution in [0.5, 0.6) is 0 Å². The van der Waals surface area contributed by atoms with E-state index in [0.717, 1.165) is 19.3 Å². The minimum atomic E-state index is -0.407. The molecule has 7 nitrogen and oxygen atoms in total. The van der Waals surface area contributed by atoms with Crippen molar-refractivity contribution in [1.29, 1.82) is 0 Å². The first-order valence-electron chi connectivity index (χ1n) is 6.89. The number of hydrogen-bond donors (Lipinski definition) is 2. The van der Waals surface area contributed by atoms with Crippen LogP contribution in [0.1, 0.15) is 25.7 Å². The molecule has 1 aromatic heterocycles. The van der Waals surface area contributed by atoms with Crippen molar-refractivity contribution in [3.8, 4) is 0 Å². The van der Waals surface area contributed by atoms with E-state index in [1.807, 2.05) is 0 Å². The molecule has 21 heavy (non-hydrogen) atoms. The smallest absolute Gasteiger partial charge is 0.301 e. The molecule has 112 valence electrons. The fourth-order valence-electron chi connectivity index (χ4n) is 2.22. The lowest BCUT2D eigenvalue weighted by molar-refractivity contribution is -0.130. The Hall–Kier alpha value is -2.44. The van der Waals surface area contributed by atoms with Crippen LogP contribution in [0, 0.1) is 5.92 Å². The summed E-state index contributed by atoms with van der Waals surface area (Å²) < 4.78 is 1.45. The van der Waals surface area contributed by atoms with Crippen molar-refractivity contribution in [1.82, 2.24) is 14.9 Å². The average molecular weight is 291 g/mol. The Morgan fingerprint density at radius 3 is 2.62 bits per heavy atom. The second-order valence-electron chi connectivity index (χ2n) is 4.97. The van der Waals surface area contributed by atoms with E-state index in [1.165, 1.54) is 22.9 Å². The van der Waals surface area contributed by atoms with Crippen molar-refractivity contribution in [3.05, 3.63) is 45.3 Å². The zero-order valence-corrected chi connectivity index (χ0v) is 11.5. The number of amides is 2. The van der Waals surface area contributed by atoms with Crippen molar-refractivity contribution in [3.63, 3.8) is 0 Å². The first-order valence-corrected chi connectivity index (χ1v) is 6.89. The van der Waals surface area contributed by atoms with Gasteiger partial charge in [-0.1, -0.05) is 18.9 Å². The van der Waals surface area contributed by atoms with Crippen LogP contribution >= 0.6 is 0 Å². The summed E-state index contributed by atoms with van der Waals surface area (Å²) in [4.78, 5) is 47.0. The number of aromatic amines is 1. The summed E-state index contributed by atoms with van der Waals surface area (Å²) in [6.07, 6.45) is 7.63. The fourth-order valence-corrected chi connectivity index (χ4v) is 2.22. The first kappa shape index (κ1) is 15.0. The Balaban J connectivity index is 1.72. The largest absolute Gasteiger partial charge is 0.328 e. The fraction of sp³-hybridized carbons (Fsp3) is 0.429. The van der Waals surface area contributed by atoms with Crippen LogP contribution in [0.3, 0.4) is 0 Å². The quantitative estimate of drug-likeness (QED) is 0.565. The second-order valence-corrected chi connectivity index (χ2v) is 4.97. The van der Waals surface area contributed by atoms with Crippen molar-refractivity contribution >= 4 is 11.8 Å². The van der Waals surface area contributed by atoms with Crippen molar-refractivity contribution in [2.45, 2.75) is 32.2 Å². The molecule has 1 aliphatic rings. The summed E-state index contributed by atoms with van der Waals surface area (Å²) in [5.74, 6) is -0.869. The van der Waals surface area contributed by atoms with Crippen LogP contribution in [-0.4, -0.2) is 21.4 Å². The number of H-pyrrole nitrogens is 1. The van der Waals surface area contributed by atoms with Gasteiger partial charge in [0.05, 0.1) is 5.92 Å². The predicted octanol–water partition coefficient (Wildman–Crippen LogP) is -0.0742. The average Bonchev–Trinajstić information content (AvgIpc) is 2.42. The molecule has 0 fully saturated rings. The Labute approximate surface area is 120 Å². The number of nitrogens with zero attached hydrogens (tertiary/aromatic N) is 1. The lowest BCUT2D eigenvalue weighted by atomic mass is 9.97. The molecule has 7 heteroatoms. The highest BCUT2D eigenvalue weighted by Crippen LogP contribution is 2.14. The second kappa shape index (κ2) is 6.83. The Bertz CT molecular complexity index is 671. The number of unbranched alkanes of at least 4 members (excludes halogenated alkanes) is 2. The van der Waals surface area contributed by atoms with Gasteiger partial charge in [-0.15, -0.1) is 0 Å². The maximum atomic E-state index is 11.5. The van der Waals surface area contributed by atoms with E-state index >= 15 is 0 Å². The van der Waals surface area contributed by atoms with Crippen LogP contribution in [0.2, 0.25) is 0 Å². The van der Waals surface area contributed by atoms with Gasteiger partial charge in [-0.05, 0) is 12.8 Å². The highest BCUT2D eigenvalue weighted by molar-refractivity contribution is 6.05. The standard InChI is InChI=1S/C14H17N3O4/c18-11-6-5-10(13(20)15-11)4-2-1-3-8-17-9-7-12(19)16-14(17)21/h5-7,9-10H,1-4,8H2,(H,15,18,20)(H,16,19,21)/t10-/m0/s1. The molecule has 2 amide bonds. The molecule has 0 radical (unpaired) electrons. The van der Waals surface area contributed by atoms with Gasteiger partial charge >= 0.3 is 5.69 Å². The Kier molecular flexibility index (Phi) is 4.86. The first-order chi connectivity index (χ1) is 10.1. The molecule has 2 rings (SSSR count). The van der Waals surface area contributed by atoms with Crippen LogP contribution in [-0.2, 0) is 16.1 Å². The van der Waals surface area contributed by atoms with Gasteiger partial charge < -0.3 is 4.57 Å². The van der Waals surface area contributed by atoms with Crippen LogP contribution in [0.15, 0.2) is 34.0 Å². The van der Waals surface area contributed by atoms with Crippen LogP contribution in [0.4, 0.5) is 0 Å². The summed E-state index contributed by atoms with van der Waals surface area (Å²) in [6, 6.07) is 1.32. The normalized spacial score (nSPS) is 17.8. The van der Waals surface area contributed by atoms with Gasteiger partial charge in [-0.3, -0.25) is 24.7 Å². The summed E-state index contributed by atoms with van der Waals surface area (Å²) in [7, 11) is 0. The van der Waals surface area contributed by atoms with Crippen molar-refractivity contribution in [2.75, 3.05) is 0 Å². The van der Waals surface area contributed by atoms with Gasteiger partial charge in [0.25, 0.3) is 5.56 Å². The molecule has 1 atom stereocenters. The molecule has 0 aromatic carbocycles. The van der Waals surface area contributed by atoms with Crippen LogP contribution < -0.4 is 16.6 Å². The number of nitrogens with one attached hydrogen (secondary N) is 2. The molecule has 0 saturated carbocycles. The molecule has 0 spiro atoms. The number of hydrogen-bond acceptors (Lipinski definition) is 4. The van der Waals surface area contributed by atoms with Gasteiger partial charge in [0.2, 0.25) is 11.8 Å². The molecule has 0 saturated heterocycles. The summed E-state index contributed by atoms with van der Waals surface area (Å²) in [5.41, 5.74) is -0.809. The van der Waals surface area contributed by atoms with Gasteiger partial charge in [0.15, 0.2) is 0 Å². The van der Waals surface area contributed by atoms with E-state index in [1.54, 1.807) is 6.08 Å². The minimum absolute atomic E-state index is 0.251. The third-order valence-corrected chi connectivity index (χ3v) is 3.37. The molecule has 0 unspecified atom stereocenters. The molecule has 1 aromatic rings. The minimum Gasteiger partial charge on any atom is -0.301 e. The molecule has 2 N–H and O–H groups in total. The number of imide groups is 1. The maximum Gasteiger partial charge on any atom is 0.328 e. The van der Waals surface area contributed by atoms with Gasteiger partial charge in [-0.2, -0.15) is 0 Å². The van der Waals surface area contributed by atoms with E-state index in [2.05, 4.69) is 10.3 Å². The van der Waals surface area contributed by atoms with Gasteiger partial charge in [-0.25, -0.2) is 4.79 Å². The number of carbonyl (C=O) groups is 2. The highest BCUT2D eigenvalue weighted by atomic mass is 16.2. The summed E-state index contributed by atoms with van der Waals surface area (Å²) in [5, 5.41) is 2.27. The zero-order chi connectivity index (χ0) is 15.2. The summed E-state index contributed by atoms with van der Waals surface area (Å²) in [6.45, 7) is 0.529. The third-order valence-electron chi connectivity index (χ3n) is 3.37. The van der Waals surface area contributed by atoms with Crippen molar-refractivity contribution in [2.24, 2.45) is 5.92 Å². The van der Waals surface area contributed by atoms with Gasteiger partial charge in [0, 0.05) is 24.9 Å². The molecule has 1 aliphatic heterocycles.